The molecular formula is C22H25ClN2O7S. The molecule has 0 fully saturated rings. The smallest absolute Gasteiger partial charge is 0.339 e. The van der Waals surface area contributed by atoms with Crippen molar-refractivity contribution in [2.45, 2.75) is 19.8 Å². The summed E-state index contributed by atoms with van der Waals surface area (Å²) in [6.07, 6.45) is 1.22. The van der Waals surface area contributed by atoms with Crippen LogP contribution >= 0.6 is 11.6 Å². The molecule has 0 unspecified atom stereocenters. The summed E-state index contributed by atoms with van der Waals surface area (Å²) in [5, 5.41) is 2.97. The maximum Gasteiger partial charge on any atom is 0.339 e. The molecule has 33 heavy (non-hydrogen) atoms. The number of hydrogen-bond acceptors (Lipinski definition) is 7. The summed E-state index contributed by atoms with van der Waals surface area (Å²) < 4.78 is 35.2. The lowest BCUT2D eigenvalue weighted by atomic mass is 10.1. The Bertz CT molecular complexity index is 1170. The van der Waals surface area contributed by atoms with Gasteiger partial charge in [0.15, 0.2) is 0 Å². The van der Waals surface area contributed by atoms with Crippen molar-refractivity contribution in [1.29, 1.82) is 0 Å². The van der Waals surface area contributed by atoms with E-state index in [4.69, 9.17) is 16.3 Å². The highest BCUT2D eigenvalue weighted by Crippen LogP contribution is 2.27. The molecule has 0 bridgehead atoms. The standard InChI is InChI=1S/C22H25ClN2O7S/c1-14-7-9-16(23)13-19(14)25(33(4,29)30)11-5-6-20(26)24-18-12-15(21(27)31-2)8-10-17(18)22(28)32-3/h7-10,12-13H,5-6,11H2,1-4H3,(H,24,26). The van der Waals surface area contributed by atoms with E-state index in [1.165, 1.54) is 36.7 Å². The third-order valence-electron chi connectivity index (χ3n) is 4.73. The Balaban J connectivity index is 2.16. The molecule has 1 amide bonds. The van der Waals surface area contributed by atoms with Crippen LogP contribution in [0.5, 0.6) is 0 Å². The highest BCUT2D eigenvalue weighted by molar-refractivity contribution is 7.92. The number of anilines is 2. The van der Waals surface area contributed by atoms with Crippen LogP contribution in [0.4, 0.5) is 11.4 Å². The predicted molar refractivity (Wildman–Crippen MR) is 125 cm³/mol. The van der Waals surface area contributed by atoms with Crippen molar-refractivity contribution < 1.29 is 32.3 Å². The Hall–Kier alpha value is -3.11. The van der Waals surface area contributed by atoms with E-state index in [9.17, 15) is 22.8 Å². The number of rotatable bonds is 9. The van der Waals surface area contributed by atoms with Crippen LogP contribution in [0.1, 0.15) is 39.1 Å². The van der Waals surface area contributed by atoms with Crippen LogP contribution in [-0.4, -0.2) is 53.3 Å². The first-order chi connectivity index (χ1) is 15.5. The third kappa shape index (κ3) is 6.93. The summed E-state index contributed by atoms with van der Waals surface area (Å²) in [4.78, 5) is 36.4. The number of carbonyl (C=O) groups is 3. The number of nitrogens with zero attached hydrogens (tertiary/aromatic N) is 1. The fraction of sp³-hybridized carbons (Fsp3) is 0.318. The van der Waals surface area contributed by atoms with Crippen LogP contribution in [0.25, 0.3) is 0 Å². The molecule has 2 rings (SSSR count). The van der Waals surface area contributed by atoms with Gasteiger partial charge in [0, 0.05) is 18.0 Å². The number of sulfonamides is 1. The Kier molecular flexibility index (Phi) is 8.84. The van der Waals surface area contributed by atoms with Crippen LogP contribution in [0.2, 0.25) is 5.02 Å². The van der Waals surface area contributed by atoms with Crippen molar-refractivity contribution in [1.82, 2.24) is 0 Å². The lowest BCUT2D eigenvalue weighted by Gasteiger charge is -2.24. The van der Waals surface area contributed by atoms with Crippen LogP contribution in [0, 0.1) is 6.92 Å². The Labute approximate surface area is 197 Å². The summed E-state index contributed by atoms with van der Waals surface area (Å²) >= 11 is 6.03. The van der Waals surface area contributed by atoms with E-state index in [0.717, 1.165) is 11.8 Å². The van der Waals surface area contributed by atoms with E-state index in [2.05, 4.69) is 10.1 Å². The van der Waals surface area contributed by atoms with Crippen molar-refractivity contribution in [3.8, 4) is 0 Å². The maximum atomic E-state index is 12.5. The van der Waals surface area contributed by atoms with Gasteiger partial charge in [-0.25, -0.2) is 18.0 Å². The minimum atomic E-state index is -3.62. The molecular weight excluding hydrogens is 472 g/mol. The predicted octanol–water partition coefficient (Wildman–Crippen LogP) is 3.41. The summed E-state index contributed by atoms with van der Waals surface area (Å²) in [6, 6.07) is 8.97. The molecule has 0 spiro atoms. The molecule has 2 aromatic carbocycles. The van der Waals surface area contributed by atoms with Gasteiger partial charge in [-0.1, -0.05) is 17.7 Å². The van der Waals surface area contributed by atoms with Gasteiger partial charge in [-0.2, -0.15) is 0 Å². The number of ether oxygens (including phenoxy) is 2. The van der Waals surface area contributed by atoms with Gasteiger partial charge in [0.2, 0.25) is 15.9 Å². The van der Waals surface area contributed by atoms with E-state index in [1.54, 1.807) is 25.1 Å². The van der Waals surface area contributed by atoms with E-state index in [0.29, 0.717) is 10.7 Å². The SMILES string of the molecule is COC(=O)c1ccc(C(=O)OC)c(NC(=O)CCCN(c2cc(Cl)ccc2C)S(C)(=O)=O)c1. The first-order valence-corrected chi connectivity index (χ1v) is 12.0. The summed E-state index contributed by atoms with van der Waals surface area (Å²) in [5.41, 5.74) is 1.44. The number of nitrogens with one attached hydrogen (secondary N) is 1. The highest BCUT2D eigenvalue weighted by Gasteiger charge is 2.21. The molecule has 0 saturated carbocycles. The van der Waals surface area contributed by atoms with Gasteiger partial charge in [-0.05, 0) is 49.2 Å². The fourth-order valence-electron chi connectivity index (χ4n) is 3.09. The number of amides is 1. The van der Waals surface area contributed by atoms with Gasteiger partial charge in [-0.15, -0.1) is 0 Å². The average Bonchev–Trinajstić information content (AvgIpc) is 2.76. The van der Waals surface area contributed by atoms with Crippen LogP contribution in [0.15, 0.2) is 36.4 Å². The molecule has 0 aliphatic heterocycles. The molecule has 0 aliphatic carbocycles. The zero-order chi connectivity index (χ0) is 24.8. The van der Waals surface area contributed by atoms with E-state index in [1.807, 2.05) is 0 Å². The van der Waals surface area contributed by atoms with E-state index >= 15 is 0 Å². The minimum absolute atomic E-state index is 0.0412. The van der Waals surface area contributed by atoms with E-state index in [-0.39, 0.29) is 36.2 Å². The molecule has 9 nitrogen and oxygen atoms in total. The van der Waals surface area contributed by atoms with Crippen LogP contribution < -0.4 is 9.62 Å². The maximum absolute atomic E-state index is 12.5. The molecule has 0 radical (unpaired) electrons. The van der Waals surface area contributed by atoms with Crippen LogP contribution in [-0.2, 0) is 24.3 Å². The molecule has 0 saturated heterocycles. The number of carbonyl (C=O) groups excluding carboxylic acids is 3. The first-order valence-electron chi connectivity index (χ1n) is 9.82. The molecule has 178 valence electrons. The van der Waals surface area contributed by atoms with Gasteiger partial charge >= 0.3 is 11.9 Å². The van der Waals surface area contributed by atoms with Gasteiger partial charge < -0.3 is 14.8 Å². The second-order valence-corrected chi connectivity index (χ2v) is 9.50. The quantitative estimate of drug-likeness (QED) is 0.528. The summed E-state index contributed by atoms with van der Waals surface area (Å²) in [7, 11) is -1.22. The number of hydrogen-bond donors (Lipinski definition) is 1. The lowest BCUT2D eigenvalue weighted by molar-refractivity contribution is -0.116. The zero-order valence-corrected chi connectivity index (χ0v) is 20.2. The number of methoxy groups -OCH3 is 2. The zero-order valence-electron chi connectivity index (χ0n) is 18.7. The van der Waals surface area contributed by atoms with Crippen molar-refractivity contribution in [3.05, 3.63) is 58.1 Å². The summed E-state index contributed by atoms with van der Waals surface area (Å²) in [6.45, 7) is 1.80. The second kappa shape index (κ2) is 11.2. The van der Waals surface area contributed by atoms with Crippen LogP contribution in [0.3, 0.4) is 0 Å². The number of halogens is 1. The van der Waals surface area contributed by atoms with Crippen molar-refractivity contribution in [3.63, 3.8) is 0 Å². The Morgan fingerprint density at radius 3 is 2.30 bits per heavy atom. The summed E-state index contributed by atoms with van der Waals surface area (Å²) in [5.74, 6) is -1.80. The highest BCUT2D eigenvalue weighted by atomic mass is 35.5. The molecule has 2 aromatic rings. The molecule has 0 atom stereocenters. The molecule has 0 aliphatic rings. The van der Waals surface area contributed by atoms with Crippen molar-refractivity contribution >= 4 is 50.8 Å². The van der Waals surface area contributed by atoms with Gasteiger partial charge in [0.25, 0.3) is 0 Å². The number of esters is 2. The monoisotopic (exact) mass is 496 g/mol. The molecule has 0 heterocycles. The molecule has 0 aromatic heterocycles. The Morgan fingerprint density at radius 1 is 1.03 bits per heavy atom. The fourth-order valence-corrected chi connectivity index (χ4v) is 4.27. The lowest BCUT2D eigenvalue weighted by Crippen LogP contribution is -2.32. The number of benzene rings is 2. The largest absolute Gasteiger partial charge is 0.465 e. The number of aryl methyl sites for hydroxylation is 1. The topological polar surface area (TPSA) is 119 Å². The average molecular weight is 497 g/mol. The first kappa shape index (κ1) is 26.1. The van der Waals surface area contributed by atoms with Gasteiger partial charge in [0.05, 0.1) is 43.0 Å². The van der Waals surface area contributed by atoms with E-state index < -0.39 is 27.9 Å². The third-order valence-corrected chi connectivity index (χ3v) is 6.14. The van der Waals surface area contributed by atoms with Crippen molar-refractivity contribution in [2.75, 3.05) is 36.6 Å². The Morgan fingerprint density at radius 2 is 1.70 bits per heavy atom. The normalized spacial score (nSPS) is 10.9. The molecule has 1 N–H and O–H groups in total. The van der Waals surface area contributed by atoms with Crippen molar-refractivity contribution in [2.24, 2.45) is 0 Å². The van der Waals surface area contributed by atoms with Gasteiger partial charge in [-0.3, -0.25) is 9.10 Å². The molecule has 11 heteroatoms. The second-order valence-electron chi connectivity index (χ2n) is 7.16. The minimum Gasteiger partial charge on any atom is -0.465 e. The van der Waals surface area contributed by atoms with Gasteiger partial charge in [0.1, 0.15) is 0 Å².